The lowest BCUT2D eigenvalue weighted by atomic mass is 10.0. The van der Waals surface area contributed by atoms with Crippen LogP contribution in [-0.4, -0.2) is 0 Å². The predicted molar refractivity (Wildman–Crippen MR) is 196 cm³/mol. The largest absolute Gasteiger partial charge is 0.309 e. The average molecular weight is 631 g/mol. The fraction of sp³-hybridized carbons (Fsp3) is 0. The monoisotopic (exact) mass is 630 g/mol. The van der Waals surface area contributed by atoms with Gasteiger partial charge in [-0.05, 0) is 22.3 Å². The molecule has 7 aromatic rings. The Labute approximate surface area is 270 Å². The Bertz CT molecular complexity index is 1900. The predicted octanol–water partition coefficient (Wildman–Crippen LogP) is 8.30. The summed E-state index contributed by atoms with van der Waals surface area (Å²) in [5.74, 6) is 0. The van der Waals surface area contributed by atoms with Gasteiger partial charge >= 0.3 is 0 Å². The first-order chi connectivity index (χ1) is 22.6. The van der Waals surface area contributed by atoms with Gasteiger partial charge in [0.15, 0.2) is 14.3 Å². The molecule has 0 unspecified atom stereocenters. The number of benzene rings is 7. The molecule has 0 aromatic heterocycles. The lowest BCUT2D eigenvalue weighted by Crippen LogP contribution is -2.24. The highest BCUT2D eigenvalue weighted by molar-refractivity contribution is 7.85. The molecular weight excluding hydrogens is 598 g/mol. The lowest BCUT2D eigenvalue weighted by Gasteiger charge is -2.20. The van der Waals surface area contributed by atoms with E-state index >= 15 is 0 Å². The number of hydrogen-bond acceptors (Lipinski definition) is 2. The minimum Gasteiger partial charge on any atom is -0.309 e. The Kier molecular flexibility index (Phi) is 8.25. The van der Waals surface area contributed by atoms with Crippen LogP contribution in [0.1, 0.15) is 0 Å². The summed E-state index contributed by atoms with van der Waals surface area (Å²) in [5.41, 5.74) is 4.28. The van der Waals surface area contributed by atoms with E-state index in [4.69, 9.17) is 0 Å². The maximum absolute atomic E-state index is 14.7. The van der Waals surface area contributed by atoms with E-state index in [-0.39, 0.29) is 0 Å². The van der Waals surface area contributed by atoms with Crippen LogP contribution in [0.5, 0.6) is 0 Å². The second kappa shape index (κ2) is 12.8. The molecule has 0 spiro atoms. The van der Waals surface area contributed by atoms with Crippen molar-refractivity contribution in [3.8, 4) is 22.3 Å². The van der Waals surface area contributed by atoms with Crippen LogP contribution < -0.4 is 31.8 Å². The van der Waals surface area contributed by atoms with Crippen molar-refractivity contribution in [1.82, 2.24) is 0 Å². The third kappa shape index (κ3) is 5.52. The number of rotatable bonds is 8. The van der Waals surface area contributed by atoms with Crippen LogP contribution >= 0.6 is 14.3 Å². The minimum atomic E-state index is -3.01. The molecule has 0 N–H and O–H groups in total. The second-order valence-electron chi connectivity index (χ2n) is 11.2. The fourth-order valence-electron chi connectivity index (χ4n) is 6.03. The molecule has 7 rings (SSSR count). The van der Waals surface area contributed by atoms with Crippen molar-refractivity contribution < 1.29 is 9.13 Å². The van der Waals surface area contributed by atoms with E-state index in [1.807, 2.05) is 146 Å². The molecule has 0 fully saturated rings. The van der Waals surface area contributed by atoms with Crippen LogP contribution in [0.4, 0.5) is 0 Å². The zero-order valence-electron chi connectivity index (χ0n) is 25.2. The zero-order chi connectivity index (χ0) is 31.4. The molecule has 0 heterocycles. The molecule has 0 atom stereocenters. The van der Waals surface area contributed by atoms with Crippen LogP contribution in [0, 0.1) is 0 Å². The van der Waals surface area contributed by atoms with E-state index in [0.717, 1.165) is 54.1 Å². The molecule has 46 heavy (non-hydrogen) atoms. The molecular formula is C42H32O2P2. The smallest absolute Gasteiger partial charge is 0.171 e. The second-order valence-corrected chi connectivity index (χ2v) is 16.8. The van der Waals surface area contributed by atoms with Gasteiger partial charge in [0.1, 0.15) is 0 Å². The van der Waals surface area contributed by atoms with Crippen molar-refractivity contribution in [1.29, 1.82) is 0 Å². The Morgan fingerprint density at radius 3 is 0.609 bits per heavy atom. The average Bonchev–Trinajstić information content (AvgIpc) is 3.16. The van der Waals surface area contributed by atoms with Crippen molar-refractivity contribution in [3.05, 3.63) is 194 Å². The quantitative estimate of drug-likeness (QED) is 0.158. The molecule has 0 radical (unpaired) electrons. The van der Waals surface area contributed by atoms with Gasteiger partial charge in [0.25, 0.3) is 0 Å². The maximum atomic E-state index is 14.7. The lowest BCUT2D eigenvalue weighted by molar-refractivity contribution is 0.591. The van der Waals surface area contributed by atoms with Gasteiger partial charge in [-0.25, -0.2) is 0 Å². The third-order valence-corrected chi connectivity index (χ3v) is 14.6. The summed E-state index contributed by atoms with van der Waals surface area (Å²) in [5, 5.41) is 4.94. The van der Waals surface area contributed by atoms with Gasteiger partial charge in [-0.15, -0.1) is 0 Å². The molecule has 222 valence electrons. The van der Waals surface area contributed by atoms with Crippen molar-refractivity contribution in [2.24, 2.45) is 0 Å². The van der Waals surface area contributed by atoms with E-state index in [0.29, 0.717) is 0 Å². The van der Waals surface area contributed by atoms with Crippen LogP contribution in [0.3, 0.4) is 0 Å². The first-order valence-corrected chi connectivity index (χ1v) is 18.7. The Morgan fingerprint density at radius 2 is 0.391 bits per heavy atom. The van der Waals surface area contributed by atoms with Crippen LogP contribution in [0.25, 0.3) is 22.3 Å². The van der Waals surface area contributed by atoms with Crippen LogP contribution in [0.15, 0.2) is 194 Å². The van der Waals surface area contributed by atoms with E-state index in [2.05, 4.69) is 48.5 Å². The SMILES string of the molecule is O=P(c1ccccc1)(c1ccccc1)c1ccc(-c2ccc(-c3ccc(P(=O)(c4ccccc4)c4ccccc4)cc3)cc2)cc1. The Morgan fingerprint density at radius 1 is 0.217 bits per heavy atom. The van der Waals surface area contributed by atoms with Crippen molar-refractivity contribution in [2.45, 2.75) is 0 Å². The summed E-state index contributed by atoms with van der Waals surface area (Å²) < 4.78 is 29.4. The summed E-state index contributed by atoms with van der Waals surface area (Å²) in [6.07, 6.45) is 0. The standard InChI is InChI=1S/C42H32O2P2/c43-45(37-13-5-1-6-14-37,38-15-7-2-8-16-38)41-29-25-35(26-30-41)33-21-23-34(24-22-33)36-27-31-42(32-28-36)46(44,39-17-9-3-10-18-39)40-19-11-4-12-20-40/h1-32H. The van der Waals surface area contributed by atoms with Crippen molar-refractivity contribution in [2.75, 3.05) is 0 Å². The first kappa shape index (κ1) is 29.7. The summed E-state index contributed by atoms with van der Waals surface area (Å²) in [4.78, 5) is 0. The van der Waals surface area contributed by atoms with Gasteiger partial charge in [-0.2, -0.15) is 0 Å². The van der Waals surface area contributed by atoms with E-state index in [1.165, 1.54) is 0 Å². The molecule has 0 bridgehead atoms. The zero-order valence-corrected chi connectivity index (χ0v) is 27.0. The summed E-state index contributed by atoms with van der Waals surface area (Å²) in [7, 11) is -6.02. The molecule has 7 aromatic carbocycles. The molecule has 0 saturated heterocycles. The van der Waals surface area contributed by atoms with Gasteiger partial charge in [-0.3, -0.25) is 0 Å². The van der Waals surface area contributed by atoms with Crippen molar-refractivity contribution in [3.63, 3.8) is 0 Å². The van der Waals surface area contributed by atoms with Crippen LogP contribution in [0.2, 0.25) is 0 Å². The summed E-state index contributed by atoms with van der Waals surface area (Å²) in [6.45, 7) is 0. The summed E-state index contributed by atoms with van der Waals surface area (Å²) in [6, 6.07) is 63.7. The first-order valence-electron chi connectivity index (χ1n) is 15.3. The van der Waals surface area contributed by atoms with E-state index < -0.39 is 14.3 Å². The van der Waals surface area contributed by atoms with Gasteiger partial charge in [-0.1, -0.05) is 194 Å². The fourth-order valence-corrected chi connectivity index (χ4v) is 11.3. The summed E-state index contributed by atoms with van der Waals surface area (Å²) >= 11 is 0. The number of hydrogen-bond donors (Lipinski definition) is 0. The highest BCUT2D eigenvalue weighted by Crippen LogP contribution is 2.43. The van der Waals surface area contributed by atoms with E-state index in [9.17, 15) is 9.13 Å². The minimum absolute atomic E-state index is 0.814. The molecule has 0 amide bonds. The molecule has 0 aliphatic rings. The topological polar surface area (TPSA) is 34.1 Å². The van der Waals surface area contributed by atoms with Crippen LogP contribution in [-0.2, 0) is 9.13 Å². The highest BCUT2D eigenvalue weighted by atomic mass is 31.2. The Balaban J connectivity index is 1.16. The molecule has 0 aliphatic heterocycles. The molecule has 0 saturated carbocycles. The van der Waals surface area contributed by atoms with E-state index in [1.54, 1.807) is 0 Å². The van der Waals surface area contributed by atoms with Gasteiger partial charge in [0.05, 0.1) is 0 Å². The normalized spacial score (nSPS) is 11.7. The maximum Gasteiger partial charge on any atom is 0.171 e. The van der Waals surface area contributed by atoms with Gasteiger partial charge < -0.3 is 9.13 Å². The van der Waals surface area contributed by atoms with Gasteiger partial charge in [0, 0.05) is 31.8 Å². The Hall–Kier alpha value is -5.00. The van der Waals surface area contributed by atoms with Crippen molar-refractivity contribution >= 4 is 46.1 Å². The van der Waals surface area contributed by atoms with Gasteiger partial charge in [0.2, 0.25) is 0 Å². The molecule has 2 nitrogen and oxygen atoms in total. The molecule has 4 heteroatoms. The highest BCUT2D eigenvalue weighted by Gasteiger charge is 2.30. The third-order valence-electron chi connectivity index (χ3n) is 8.49. The molecule has 0 aliphatic carbocycles.